The van der Waals surface area contributed by atoms with E-state index in [1.165, 1.54) is 19.4 Å². The van der Waals surface area contributed by atoms with Gasteiger partial charge in [0, 0.05) is 24.9 Å². The van der Waals surface area contributed by atoms with E-state index in [0.29, 0.717) is 5.69 Å². The molecule has 1 aromatic heterocycles. The molecule has 0 saturated carbocycles. The van der Waals surface area contributed by atoms with Crippen LogP contribution in [0.5, 0.6) is 0 Å². The minimum absolute atomic E-state index is 0.0526. The lowest BCUT2D eigenvalue weighted by Crippen LogP contribution is -2.56. The molecule has 4 amide bonds. The standard InChI is InChI=1S/C19H32N10O6/c1-9(15(31)29-13(18(34)35)5-10-7-24-8-26-10)27-17(33)12(3-2-4-25-19(22)23)28-16(32)11(20)6-14(21)30/h7-9,11-13H,2-6,20H2,1H3,(H2,21,30)(H,24,26)(H,27,33)(H,28,32)(H,29,31)(H,34,35)(H4,22,23,25)/t9-,11-,12-,13-/m0/s1. The largest absolute Gasteiger partial charge is 0.480 e. The molecule has 0 bridgehead atoms. The molecule has 0 unspecified atom stereocenters. The van der Waals surface area contributed by atoms with Crippen LogP contribution in [-0.2, 0) is 30.4 Å². The van der Waals surface area contributed by atoms with Crippen molar-refractivity contribution in [2.75, 3.05) is 6.54 Å². The fourth-order valence-corrected chi connectivity index (χ4v) is 2.85. The van der Waals surface area contributed by atoms with E-state index in [1.807, 2.05) is 0 Å². The number of primary amides is 1. The molecular weight excluding hydrogens is 464 g/mol. The van der Waals surface area contributed by atoms with E-state index in [4.69, 9.17) is 22.9 Å². The monoisotopic (exact) mass is 496 g/mol. The van der Waals surface area contributed by atoms with Gasteiger partial charge in [0.15, 0.2) is 5.96 Å². The number of aromatic amines is 1. The van der Waals surface area contributed by atoms with Gasteiger partial charge in [0.2, 0.25) is 23.6 Å². The second kappa shape index (κ2) is 14.1. The van der Waals surface area contributed by atoms with E-state index < -0.39 is 60.2 Å². The molecule has 0 radical (unpaired) electrons. The molecule has 0 aromatic carbocycles. The van der Waals surface area contributed by atoms with Gasteiger partial charge in [-0.3, -0.25) is 24.2 Å². The number of carboxylic acids is 1. The lowest BCUT2D eigenvalue weighted by molar-refractivity contribution is -0.142. The molecule has 194 valence electrons. The number of nitrogens with zero attached hydrogens (tertiary/aromatic N) is 2. The molecule has 0 aliphatic rings. The minimum Gasteiger partial charge on any atom is -0.480 e. The quantitative estimate of drug-likeness (QED) is 0.0640. The molecule has 35 heavy (non-hydrogen) atoms. The Morgan fingerprint density at radius 3 is 2.26 bits per heavy atom. The van der Waals surface area contributed by atoms with E-state index in [0.717, 1.165) is 0 Å². The summed E-state index contributed by atoms with van der Waals surface area (Å²) in [7, 11) is 0. The second-order valence-corrected chi connectivity index (χ2v) is 7.70. The number of nitrogens with one attached hydrogen (secondary N) is 4. The van der Waals surface area contributed by atoms with Gasteiger partial charge in [-0.1, -0.05) is 0 Å². The lowest BCUT2D eigenvalue weighted by atomic mass is 10.1. The Balaban J connectivity index is 2.81. The number of amides is 4. The fraction of sp³-hybridized carbons (Fsp3) is 0.526. The Hall–Kier alpha value is -4.21. The van der Waals surface area contributed by atoms with Crippen LogP contribution in [0.3, 0.4) is 0 Å². The smallest absolute Gasteiger partial charge is 0.326 e. The number of guanidine groups is 1. The number of carbonyl (C=O) groups is 5. The van der Waals surface area contributed by atoms with Crippen molar-refractivity contribution < 1.29 is 29.1 Å². The predicted octanol–water partition coefficient (Wildman–Crippen LogP) is -4.23. The fourth-order valence-electron chi connectivity index (χ4n) is 2.85. The van der Waals surface area contributed by atoms with Crippen LogP contribution in [0.1, 0.15) is 31.9 Å². The maximum atomic E-state index is 12.8. The number of aromatic nitrogens is 2. The molecule has 1 aromatic rings. The molecule has 0 fully saturated rings. The number of H-pyrrole nitrogens is 1. The predicted molar refractivity (Wildman–Crippen MR) is 123 cm³/mol. The molecule has 1 heterocycles. The molecule has 0 spiro atoms. The highest BCUT2D eigenvalue weighted by molar-refractivity contribution is 5.94. The van der Waals surface area contributed by atoms with Crippen LogP contribution in [0.25, 0.3) is 0 Å². The summed E-state index contributed by atoms with van der Waals surface area (Å²) in [5.41, 5.74) is 21.7. The average Bonchev–Trinajstić information content (AvgIpc) is 3.27. The third-order valence-electron chi connectivity index (χ3n) is 4.68. The highest BCUT2D eigenvalue weighted by Crippen LogP contribution is 2.03. The molecule has 16 nitrogen and oxygen atoms in total. The maximum Gasteiger partial charge on any atom is 0.326 e. The van der Waals surface area contributed by atoms with Crippen LogP contribution in [0.15, 0.2) is 17.5 Å². The number of hydrogen-bond acceptors (Lipinski definition) is 8. The molecule has 4 atom stereocenters. The first kappa shape index (κ1) is 28.8. The van der Waals surface area contributed by atoms with Crippen molar-refractivity contribution >= 4 is 35.6 Å². The van der Waals surface area contributed by atoms with Gasteiger partial charge in [-0.2, -0.15) is 0 Å². The van der Waals surface area contributed by atoms with Gasteiger partial charge >= 0.3 is 5.97 Å². The molecule has 0 aliphatic carbocycles. The number of imidazole rings is 1. The van der Waals surface area contributed by atoms with Gasteiger partial charge in [-0.05, 0) is 19.8 Å². The van der Waals surface area contributed by atoms with Crippen molar-refractivity contribution in [3.05, 3.63) is 18.2 Å². The molecule has 0 saturated heterocycles. The van der Waals surface area contributed by atoms with Gasteiger partial charge in [-0.15, -0.1) is 0 Å². The third kappa shape index (κ3) is 11.0. The summed E-state index contributed by atoms with van der Waals surface area (Å²) in [6.45, 7) is 1.51. The zero-order valence-electron chi connectivity index (χ0n) is 19.2. The van der Waals surface area contributed by atoms with Crippen molar-refractivity contribution in [1.82, 2.24) is 25.9 Å². The first-order chi connectivity index (χ1) is 16.4. The van der Waals surface area contributed by atoms with Gasteiger partial charge in [-0.25, -0.2) is 9.78 Å². The van der Waals surface area contributed by atoms with Crippen molar-refractivity contribution in [2.45, 2.75) is 56.8 Å². The van der Waals surface area contributed by atoms with Gasteiger partial charge in [0.1, 0.15) is 18.1 Å². The first-order valence-electron chi connectivity index (χ1n) is 10.6. The number of aliphatic imine (C=N–C) groups is 1. The molecule has 1 rings (SSSR count). The van der Waals surface area contributed by atoms with Crippen molar-refractivity contribution in [2.24, 2.45) is 27.9 Å². The number of aliphatic carboxylic acids is 1. The summed E-state index contributed by atoms with van der Waals surface area (Å²) >= 11 is 0. The average molecular weight is 497 g/mol. The number of nitrogens with two attached hydrogens (primary N) is 4. The number of carboxylic acid groups (broad SMARTS) is 1. The molecular formula is C19H32N10O6. The zero-order valence-corrected chi connectivity index (χ0v) is 19.2. The van der Waals surface area contributed by atoms with E-state index >= 15 is 0 Å². The van der Waals surface area contributed by atoms with E-state index in [2.05, 4.69) is 30.9 Å². The Labute approximate surface area is 200 Å². The molecule has 0 aliphatic heterocycles. The summed E-state index contributed by atoms with van der Waals surface area (Å²) in [6.07, 6.45) is 2.67. The van der Waals surface area contributed by atoms with Gasteiger partial charge in [0.25, 0.3) is 0 Å². The summed E-state index contributed by atoms with van der Waals surface area (Å²) in [5, 5.41) is 16.6. The van der Waals surface area contributed by atoms with Crippen LogP contribution in [-0.4, -0.2) is 81.3 Å². The zero-order chi connectivity index (χ0) is 26.5. The Bertz CT molecular complexity index is 915. The Morgan fingerprint density at radius 1 is 1.06 bits per heavy atom. The van der Waals surface area contributed by atoms with Crippen molar-refractivity contribution in [3.63, 3.8) is 0 Å². The lowest BCUT2D eigenvalue weighted by Gasteiger charge is -2.23. The van der Waals surface area contributed by atoms with E-state index in [9.17, 15) is 29.1 Å². The topological polar surface area (TPSA) is 287 Å². The van der Waals surface area contributed by atoms with Gasteiger partial charge in [0.05, 0.1) is 18.8 Å². The summed E-state index contributed by atoms with van der Waals surface area (Å²) in [4.78, 5) is 70.4. The number of carbonyl (C=O) groups excluding carboxylic acids is 4. The second-order valence-electron chi connectivity index (χ2n) is 7.70. The van der Waals surface area contributed by atoms with E-state index in [-0.39, 0.29) is 31.8 Å². The van der Waals surface area contributed by atoms with Crippen molar-refractivity contribution in [3.8, 4) is 0 Å². The summed E-state index contributed by atoms with van der Waals surface area (Å²) < 4.78 is 0. The van der Waals surface area contributed by atoms with Crippen LogP contribution in [0.4, 0.5) is 0 Å². The van der Waals surface area contributed by atoms with Crippen LogP contribution >= 0.6 is 0 Å². The highest BCUT2D eigenvalue weighted by atomic mass is 16.4. The first-order valence-corrected chi connectivity index (χ1v) is 10.6. The maximum absolute atomic E-state index is 12.8. The summed E-state index contributed by atoms with van der Waals surface area (Å²) in [5.74, 6) is -4.52. The normalized spacial score (nSPS) is 14.0. The SMILES string of the molecule is C[C@H](NC(=O)[C@H](CCCN=C(N)N)NC(=O)[C@@H](N)CC(N)=O)C(=O)N[C@@H](Cc1cnc[nH]1)C(=O)O. The van der Waals surface area contributed by atoms with E-state index in [1.54, 1.807) is 0 Å². The molecule has 16 heteroatoms. The van der Waals surface area contributed by atoms with Crippen LogP contribution in [0, 0.1) is 0 Å². The molecule has 13 N–H and O–H groups in total. The number of rotatable bonds is 15. The minimum atomic E-state index is -1.28. The highest BCUT2D eigenvalue weighted by Gasteiger charge is 2.28. The summed E-state index contributed by atoms with van der Waals surface area (Å²) in [6, 6.07) is -4.85. The van der Waals surface area contributed by atoms with Crippen molar-refractivity contribution in [1.29, 1.82) is 0 Å². The number of hydrogen-bond donors (Lipinski definition) is 9. The third-order valence-corrected chi connectivity index (χ3v) is 4.68. The Morgan fingerprint density at radius 2 is 1.71 bits per heavy atom. The van der Waals surface area contributed by atoms with Crippen LogP contribution < -0.4 is 38.9 Å². The van der Waals surface area contributed by atoms with Gasteiger partial charge < -0.3 is 49.0 Å². The van der Waals surface area contributed by atoms with Crippen LogP contribution in [0.2, 0.25) is 0 Å². The Kier molecular flexibility index (Phi) is 11.6.